The Labute approximate surface area is 170 Å². The predicted molar refractivity (Wildman–Crippen MR) is 112 cm³/mol. The second-order valence-corrected chi connectivity index (χ2v) is 7.13. The maximum Gasteiger partial charge on any atom is 0.241 e. The van der Waals surface area contributed by atoms with Gasteiger partial charge in [0.2, 0.25) is 11.8 Å². The average Bonchev–Trinajstić information content (AvgIpc) is 2.77. The average molecular weight is 388 g/mol. The molecule has 29 heavy (non-hydrogen) atoms. The third kappa shape index (κ3) is 5.18. The van der Waals surface area contributed by atoms with Crippen molar-refractivity contribution < 1.29 is 9.53 Å². The van der Waals surface area contributed by atoms with Crippen LogP contribution in [-0.2, 0) is 11.3 Å². The lowest BCUT2D eigenvalue weighted by Gasteiger charge is -2.34. The SMILES string of the molecule is O=C(Nc1ccc(Oc2ccccc2)nc1)C1CCCCN1Cc1cccnc1. The second kappa shape index (κ2) is 9.30. The summed E-state index contributed by atoms with van der Waals surface area (Å²) in [6.07, 6.45) is 8.28. The first-order valence-electron chi connectivity index (χ1n) is 9.91. The zero-order chi connectivity index (χ0) is 19.9. The number of hydrogen-bond donors (Lipinski definition) is 1. The number of amides is 1. The molecular formula is C23H24N4O2. The van der Waals surface area contributed by atoms with Gasteiger partial charge in [-0.15, -0.1) is 0 Å². The largest absolute Gasteiger partial charge is 0.439 e. The molecule has 3 heterocycles. The van der Waals surface area contributed by atoms with Gasteiger partial charge in [0.05, 0.1) is 17.9 Å². The van der Waals surface area contributed by atoms with Crippen LogP contribution in [0.2, 0.25) is 0 Å². The molecule has 0 aliphatic carbocycles. The predicted octanol–water partition coefficient (Wildman–Crippen LogP) is 4.26. The van der Waals surface area contributed by atoms with E-state index in [1.807, 2.05) is 54.7 Å². The minimum absolute atomic E-state index is 0.00659. The van der Waals surface area contributed by atoms with Gasteiger partial charge in [0, 0.05) is 25.0 Å². The molecule has 6 heteroatoms. The highest BCUT2D eigenvalue weighted by atomic mass is 16.5. The Kier molecular flexibility index (Phi) is 6.12. The molecule has 1 aromatic carbocycles. The highest BCUT2D eigenvalue weighted by Crippen LogP contribution is 2.23. The summed E-state index contributed by atoms with van der Waals surface area (Å²) in [6, 6.07) is 16.9. The normalized spacial score (nSPS) is 16.9. The number of anilines is 1. The zero-order valence-electron chi connectivity index (χ0n) is 16.2. The molecule has 1 atom stereocenters. The van der Waals surface area contributed by atoms with Crippen molar-refractivity contribution in [2.24, 2.45) is 0 Å². The lowest BCUT2D eigenvalue weighted by atomic mass is 10.0. The van der Waals surface area contributed by atoms with Crippen LogP contribution in [0.3, 0.4) is 0 Å². The van der Waals surface area contributed by atoms with Gasteiger partial charge in [0.25, 0.3) is 0 Å². The second-order valence-electron chi connectivity index (χ2n) is 7.13. The van der Waals surface area contributed by atoms with E-state index in [4.69, 9.17) is 4.74 Å². The van der Waals surface area contributed by atoms with Crippen LogP contribution in [-0.4, -0.2) is 33.4 Å². The molecule has 0 spiro atoms. The van der Waals surface area contributed by atoms with E-state index in [0.29, 0.717) is 11.6 Å². The summed E-state index contributed by atoms with van der Waals surface area (Å²) in [4.78, 5) is 23.6. The van der Waals surface area contributed by atoms with Gasteiger partial charge >= 0.3 is 0 Å². The molecule has 1 amide bonds. The van der Waals surface area contributed by atoms with Crippen LogP contribution in [0.4, 0.5) is 5.69 Å². The van der Waals surface area contributed by atoms with Crippen molar-refractivity contribution in [2.75, 3.05) is 11.9 Å². The topological polar surface area (TPSA) is 67.3 Å². The first-order valence-corrected chi connectivity index (χ1v) is 9.91. The van der Waals surface area contributed by atoms with Crippen molar-refractivity contribution in [3.63, 3.8) is 0 Å². The molecule has 1 saturated heterocycles. The van der Waals surface area contributed by atoms with E-state index in [1.54, 1.807) is 18.5 Å². The lowest BCUT2D eigenvalue weighted by molar-refractivity contribution is -0.122. The molecule has 6 nitrogen and oxygen atoms in total. The van der Waals surface area contributed by atoms with E-state index in [-0.39, 0.29) is 11.9 Å². The number of aromatic nitrogens is 2. The van der Waals surface area contributed by atoms with Gasteiger partial charge in [0.1, 0.15) is 5.75 Å². The number of rotatable bonds is 6. The van der Waals surface area contributed by atoms with Gasteiger partial charge in [-0.1, -0.05) is 30.7 Å². The summed E-state index contributed by atoms with van der Waals surface area (Å²) in [5.74, 6) is 1.22. The first-order chi connectivity index (χ1) is 14.3. The molecule has 3 aromatic rings. The van der Waals surface area contributed by atoms with Crippen LogP contribution < -0.4 is 10.1 Å². The Hall–Kier alpha value is -3.25. The van der Waals surface area contributed by atoms with Gasteiger partial charge in [-0.3, -0.25) is 14.7 Å². The Morgan fingerprint density at radius 3 is 2.72 bits per heavy atom. The van der Waals surface area contributed by atoms with E-state index in [0.717, 1.165) is 43.7 Å². The number of benzene rings is 1. The molecule has 1 unspecified atom stereocenters. The van der Waals surface area contributed by atoms with Crippen LogP contribution in [0.15, 0.2) is 73.2 Å². The summed E-state index contributed by atoms with van der Waals surface area (Å²) < 4.78 is 5.70. The fraction of sp³-hybridized carbons (Fsp3) is 0.261. The van der Waals surface area contributed by atoms with Gasteiger partial charge in [-0.05, 0) is 49.2 Å². The third-order valence-electron chi connectivity index (χ3n) is 4.99. The molecule has 1 aliphatic rings. The van der Waals surface area contributed by atoms with Gasteiger partial charge in [0.15, 0.2) is 0 Å². The highest BCUT2D eigenvalue weighted by Gasteiger charge is 2.28. The summed E-state index contributed by atoms with van der Waals surface area (Å²) in [6.45, 7) is 1.64. The quantitative estimate of drug-likeness (QED) is 0.683. The van der Waals surface area contributed by atoms with Crippen LogP contribution in [0.1, 0.15) is 24.8 Å². The number of carbonyl (C=O) groups excluding carboxylic acids is 1. The van der Waals surface area contributed by atoms with Gasteiger partial charge in [-0.2, -0.15) is 0 Å². The molecular weight excluding hydrogens is 364 g/mol. The minimum Gasteiger partial charge on any atom is -0.439 e. The Morgan fingerprint density at radius 2 is 1.97 bits per heavy atom. The minimum atomic E-state index is -0.149. The molecule has 4 rings (SSSR count). The monoisotopic (exact) mass is 388 g/mol. The van der Waals surface area contributed by atoms with Crippen LogP contribution in [0, 0.1) is 0 Å². The van der Waals surface area contributed by atoms with E-state index >= 15 is 0 Å². The molecule has 1 fully saturated rings. The summed E-state index contributed by atoms with van der Waals surface area (Å²) in [5.41, 5.74) is 1.79. The molecule has 0 saturated carbocycles. The molecule has 148 valence electrons. The number of ether oxygens (including phenoxy) is 1. The Bertz CT molecular complexity index is 917. The van der Waals surface area contributed by atoms with Crippen LogP contribution in [0.5, 0.6) is 11.6 Å². The maximum atomic E-state index is 12.9. The van der Waals surface area contributed by atoms with E-state index in [9.17, 15) is 4.79 Å². The number of pyridine rings is 2. The molecule has 0 radical (unpaired) electrons. The number of likely N-dealkylation sites (tertiary alicyclic amines) is 1. The Morgan fingerprint density at radius 1 is 1.07 bits per heavy atom. The fourth-order valence-electron chi connectivity index (χ4n) is 3.55. The van der Waals surface area contributed by atoms with E-state index < -0.39 is 0 Å². The van der Waals surface area contributed by atoms with Crippen molar-refractivity contribution in [1.82, 2.24) is 14.9 Å². The molecule has 1 aliphatic heterocycles. The number of piperidine rings is 1. The standard InChI is InChI=1S/C23H24N4O2/c28-23(21-10-4-5-14-27(21)17-18-7-6-13-24-15-18)26-19-11-12-22(25-16-19)29-20-8-2-1-3-9-20/h1-3,6-9,11-13,15-16,21H,4-5,10,14,17H2,(H,26,28). The molecule has 2 aromatic heterocycles. The van der Waals surface area contributed by atoms with Gasteiger partial charge < -0.3 is 10.1 Å². The number of nitrogens with one attached hydrogen (secondary N) is 1. The zero-order valence-corrected chi connectivity index (χ0v) is 16.2. The van der Waals surface area contributed by atoms with Gasteiger partial charge in [-0.25, -0.2) is 4.98 Å². The first kappa shape index (κ1) is 19.1. The van der Waals surface area contributed by atoms with Crippen molar-refractivity contribution in [2.45, 2.75) is 31.8 Å². The molecule has 0 bridgehead atoms. The van der Waals surface area contributed by atoms with Crippen molar-refractivity contribution >= 4 is 11.6 Å². The van der Waals surface area contributed by atoms with Crippen LogP contribution in [0.25, 0.3) is 0 Å². The summed E-state index contributed by atoms with van der Waals surface area (Å²) in [5, 5.41) is 3.00. The summed E-state index contributed by atoms with van der Waals surface area (Å²) >= 11 is 0. The maximum absolute atomic E-state index is 12.9. The number of nitrogens with zero attached hydrogens (tertiary/aromatic N) is 3. The summed E-state index contributed by atoms with van der Waals surface area (Å²) in [7, 11) is 0. The van der Waals surface area contributed by atoms with Crippen molar-refractivity contribution in [3.05, 3.63) is 78.8 Å². The number of para-hydroxylation sites is 1. The third-order valence-corrected chi connectivity index (χ3v) is 4.99. The van der Waals surface area contributed by atoms with Crippen LogP contribution >= 0.6 is 0 Å². The smallest absolute Gasteiger partial charge is 0.241 e. The number of hydrogen-bond acceptors (Lipinski definition) is 5. The number of carbonyl (C=O) groups is 1. The molecule has 1 N–H and O–H groups in total. The highest BCUT2D eigenvalue weighted by molar-refractivity contribution is 5.94. The lowest BCUT2D eigenvalue weighted by Crippen LogP contribution is -2.46. The van der Waals surface area contributed by atoms with E-state index in [1.165, 1.54) is 0 Å². The van der Waals surface area contributed by atoms with Crippen molar-refractivity contribution in [3.8, 4) is 11.6 Å². The fourth-order valence-corrected chi connectivity index (χ4v) is 3.55. The Balaban J connectivity index is 1.38. The van der Waals surface area contributed by atoms with E-state index in [2.05, 4.69) is 20.2 Å². The van der Waals surface area contributed by atoms with Crippen molar-refractivity contribution in [1.29, 1.82) is 0 Å².